The van der Waals surface area contributed by atoms with Crippen molar-refractivity contribution in [3.63, 3.8) is 0 Å². The molecule has 0 amide bonds. The largest absolute Gasteiger partial charge is 0.464 e. The van der Waals surface area contributed by atoms with Crippen molar-refractivity contribution in [3.8, 4) is 0 Å². The minimum atomic E-state index is -1.81. The molecule has 1 heterocycles. The lowest BCUT2D eigenvalue weighted by Gasteiger charge is -2.20. The van der Waals surface area contributed by atoms with Crippen LogP contribution in [-0.4, -0.2) is 31.3 Å². The molecule has 0 spiro atoms. The van der Waals surface area contributed by atoms with Gasteiger partial charge in [0.1, 0.15) is 0 Å². The molecule has 1 aliphatic heterocycles. The summed E-state index contributed by atoms with van der Waals surface area (Å²) < 4.78 is 18.4. The Labute approximate surface area is 71.3 Å². The van der Waals surface area contributed by atoms with Gasteiger partial charge >= 0.3 is 5.97 Å². The van der Waals surface area contributed by atoms with Gasteiger partial charge in [-0.05, 0) is 6.92 Å². The standard InChI is InChI=1S/C8H14FNO2/c1-3-12-7(11)8(9)5-10-4-6(8)2/h6,10H,3-5H2,1-2H3/t6-,8+/m1/s1. The molecule has 12 heavy (non-hydrogen) atoms. The van der Waals surface area contributed by atoms with Crippen LogP contribution in [0.3, 0.4) is 0 Å². The van der Waals surface area contributed by atoms with E-state index in [2.05, 4.69) is 10.1 Å². The van der Waals surface area contributed by atoms with Crippen molar-refractivity contribution >= 4 is 5.97 Å². The van der Waals surface area contributed by atoms with Gasteiger partial charge in [0.05, 0.1) is 6.61 Å². The predicted octanol–water partition coefficient (Wildman–Crippen LogP) is 0.497. The van der Waals surface area contributed by atoms with E-state index in [4.69, 9.17) is 0 Å². The Hall–Kier alpha value is -0.640. The van der Waals surface area contributed by atoms with E-state index < -0.39 is 11.6 Å². The first-order valence-electron chi connectivity index (χ1n) is 4.18. The number of ether oxygens (including phenoxy) is 1. The summed E-state index contributed by atoms with van der Waals surface area (Å²) >= 11 is 0. The quantitative estimate of drug-likeness (QED) is 0.621. The molecule has 0 radical (unpaired) electrons. The second-order valence-corrected chi connectivity index (χ2v) is 3.11. The van der Waals surface area contributed by atoms with E-state index in [1.165, 1.54) is 0 Å². The van der Waals surface area contributed by atoms with Gasteiger partial charge in [0.15, 0.2) is 0 Å². The van der Waals surface area contributed by atoms with Crippen LogP contribution in [-0.2, 0) is 9.53 Å². The number of hydrogen-bond donors (Lipinski definition) is 1. The second kappa shape index (κ2) is 3.39. The molecule has 1 rings (SSSR count). The van der Waals surface area contributed by atoms with Crippen LogP contribution in [0.4, 0.5) is 4.39 Å². The van der Waals surface area contributed by atoms with Gasteiger partial charge in [-0.1, -0.05) is 6.92 Å². The molecule has 0 aromatic carbocycles. The lowest BCUT2D eigenvalue weighted by atomic mass is 9.95. The molecule has 0 aliphatic carbocycles. The van der Waals surface area contributed by atoms with Gasteiger partial charge in [-0.3, -0.25) is 0 Å². The molecule has 2 atom stereocenters. The molecular weight excluding hydrogens is 161 g/mol. The minimum absolute atomic E-state index is 0.0764. The normalized spacial score (nSPS) is 35.1. The zero-order valence-corrected chi connectivity index (χ0v) is 7.39. The summed E-state index contributed by atoms with van der Waals surface area (Å²) in [6.07, 6.45) is 0. The van der Waals surface area contributed by atoms with Gasteiger partial charge in [-0.2, -0.15) is 0 Å². The summed E-state index contributed by atoms with van der Waals surface area (Å²) in [6.45, 7) is 4.23. The number of carbonyl (C=O) groups excluding carboxylic acids is 1. The highest BCUT2D eigenvalue weighted by atomic mass is 19.1. The number of carbonyl (C=O) groups is 1. The Kier molecular flexibility index (Phi) is 2.67. The molecule has 1 N–H and O–H groups in total. The maximum Gasteiger partial charge on any atom is 0.345 e. The molecular formula is C8H14FNO2. The predicted molar refractivity (Wildman–Crippen MR) is 42.5 cm³/mol. The Balaban J connectivity index is 2.63. The van der Waals surface area contributed by atoms with Gasteiger partial charge in [0, 0.05) is 19.0 Å². The fourth-order valence-electron chi connectivity index (χ4n) is 1.33. The number of esters is 1. The van der Waals surface area contributed by atoms with Crippen LogP contribution in [0, 0.1) is 5.92 Å². The van der Waals surface area contributed by atoms with Crippen molar-refractivity contribution in [1.29, 1.82) is 0 Å². The van der Waals surface area contributed by atoms with Gasteiger partial charge in [-0.15, -0.1) is 0 Å². The van der Waals surface area contributed by atoms with Crippen LogP contribution < -0.4 is 5.32 Å². The lowest BCUT2D eigenvalue weighted by Crippen LogP contribution is -2.42. The fourth-order valence-corrected chi connectivity index (χ4v) is 1.33. The summed E-state index contributed by atoms with van der Waals surface area (Å²) in [4.78, 5) is 11.1. The number of halogens is 1. The smallest absolute Gasteiger partial charge is 0.345 e. The van der Waals surface area contributed by atoms with Crippen LogP contribution in [0.15, 0.2) is 0 Å². The lowest BCUT2D eigenvalue weighted by molar-refractivity contribution is -0.158. The van der Waals surface area contributed by atoms with E-state index in [-0.39, 0.29) is 19.1 Å². The van der Waals surface area contributed by atoms with E-state index >= 15 is 0 Å². The first kappa shape index (κ1) is 9.45. The van der Waals surface area contributed by atoms with Gasteiger partial charge in [-0.25, -0.2) is 9.18 Å². The van der Waals surface area contributed by atoms with E-state index in [1.807, 2.05) is 0 Å². The molecule has 0 unspecified atom stereocenters. The monoisotopic (exact) mass is 175 g/mol. The first-order chi connectivity index (χ1) is 5.61. The van der Waals surface area contributed by atoms with E-state index in [9.17, 15) is 9.18 Å². The Morgan fingerprint density at radius 1 is 1.83 bits per heavy atom. The number of nitrogens with one attached hydrogen (secondary N) is 1. The molecule has 0 saturated carbocycles. The van der Waals surface area contributed by atoms with Crippen molar-refractivity contribution in [2.24, 2.45) is 5.92 Å². The van der Waals surface area contributed by atoms with E-state index in [1.54, 1.807) is 13.8 Å². The zero-order valence-electron chi connectivity index (χ0n) is 7.39. The van der Waals surface area contributed by atoms with E-state index in [0.717, 1.165) is 0 Å². The third-order valence-corrected chi connectivity index (χ3v) is 2.23. The Morgan fingerprint density at radius 2 is 2.50 bits per heavy atom. The molecule has 0 aromatic heterocycles. The average Bonchev–Trinajstić information content (AvgIpc) is 2.34. The van der Waals surface area contributed by atoms with Crippen molar-refractivity contribution in [1.82, 2.24) is 5.32 Å². The molecule has 0 aromatic rings. The third kappa shape index (κ3) is 1.43. The van der Waals surface area contributed by atoms with E-state index in [0.29, 0.717) is 6.54 Å². The maximum absolute atomic E-state index is 13.7. The van der Waals surface area contributed by atoms with Crippen molar-refractivity contribution in [2.45, 2.75) is 19.5 Å². The molecule has 3 nitrogen and oxygen atoms in total. The maximum atomic E-state index is 13.7. The van der Waals surface area contributed by atoms with Crippen molar-refractivity contribution in [3.05, 3.63) is 0 Å². The van der Waals surface area contributed by atoms with Gasteiger partial charge in [0.2, 0.25) is 5.67 Å². The molecule has 4 heteroatoms. The molecule has 1 fully saturated rings. The highest BCUT2D eigenvalue weighted by molar-refractivity contribution is 5.80. The fraction of sp³-hybridized carbons (Fsp3) is 0.875. The van der Waals surface area contributed by atoms with Crippen LogP contribution in [0.5, 0.6) is 0 Å². The van der Waals surface area contributed by atoms with Crippen molar-refractivity contribution in [2.75, 3.05) is 19.7 Å². The van der Waals surface area contributed by atoms with Gasteiger partial charge < -0.3 is 10.1 Å². The third-order valence-electron chi connectivity index (χ3n) is 2.23. The molecule has 0 bridgehead atoms. The summed E-state index contributed by atoms with van der Waals surface area (Å²) in [5.74, 6) is -1.03. The summed E-state index contributed by atoms with van der Waals surface area (Å²) in [7, 11) is 0. The SMILES string of the molecule is CCOC(=O)[C@]1(F)CNC[C@H]1C. The van der Waals surface area contributed by atoms with Crippen molar-refractivity contribution < 1.29 is 13.9 Å². The van der Waals surface area contributed by atoms with Gasteiger partial charge in [0.25, 0.3) is 0 Å². The number of rotatable bonds is 2. The average molecular weight is 175 g/mol. The Bertz CT molecular complexity index is 186. The first-order valence-corrected chi connectivity index (χ1v) is 4.18. The highest BCUT2D eigenvalue weighted by Crippen LogP contribution is 2.27. The van der Waals surface area contributed by atoms with Crippen LogP contribution in [0.2, 0.25) is 0 Å². The summed E-state index contributed by atoms with van der Waals surface area (Å²) in [5.41, 5.74) is -1.81. The molecule has 70 valence electrons. The highest BCUT2D eigenvalue weighted by Gasteiger charge is 2.48. The Morgan fingerprint density at radius 3 is 2.92 bits per heavy atom. The van der Waals surface area contributed by atoms with Crippen LogP contribution >= 0.6 is 0 Å². The number of hydrogen-bond acceptors (Lipinski definition) is 3. The van der Waals surface area contributed by atoms with Crippen LogP contribution in [0.25, 0.3) is 0 Å². The topological polar surface area (TPSA) is 38.3 Å². The number of alkyl halides is 1. The summed E-state index contributed by atoms with van der Waals surface area (Å²) in [5, 5.41) is 2.83. The zero-order chi connectivity index (χ0) is 9.19. The summed E-state index contributed by atoms with van der Waals surface area (Å²) in [6, 6.07) is 0. The minimum Gasteiger partial charge on any atom is -0.464 e. The second-order valence-electron chi connectivity index (χ2n) is 3.11. The molecule has 1 aliphatic rings. The van der Waals surface area contributed by atoms with Crippen LogP contribution in [0.1, 0.15) is 13.8 Å². The molecule has 1 saturated heterocycles.